The van der Waals surface area contributed by atoms with Gasteiger partial charge in [0.25, 0.3) is 0 Å². The molecule has 0 saturated heterocycles. The van der Waals surface area contributed by atoms with Crippen LogP contribution in [0.2, 0.25) is 0 Å². The number of hydrogen-bond acceptors (Lipinski definition) is 5. The van der Waals surface area contributed by atoms with Crippen molar-refractivity contribution in [3.05, 3.63) is 23.9 Å². The third-order valence-electron chi connectivity index (χ3n) is 3.92. The summed E-state index contributed by atoms with van der Waals surface area (Å²) in [5.74, 6) is 1.64. The molecule has 0 bridgehead atoms. The van der Waals surface area contributed by atoms with Crippen LogP contribution in [-0.4, -0.2) is 19.4 Å². The average molecular weight is 290 g/mol. The highest BCUT2D eigenvalue weighted by Gasteiger charge is 2.29. The van der Waals surface area contributed by atoms with Crippen molar-refractivity contribution in [2.75, 3.05) is 20.0 Å². The van der Waals surface area contributed by atoms with Crippen LogP contribution in [0.4, 0.5) is 5.88 Å². The Labute approximate surface area is 125 Å². The molecular weight excluding hydrogens is 268 g/mol. The van der Waals surface area contributed by atoms with E-state index in [1.165, 1.54) is 0 Å². The van der Waals surface area contributed by atoms with E-state index >= 15 is 0 Å². The minimum absolute atomic E-state index is 0.121. The topological polar surface area (TPSA) is 70.5 Å². The first-order valence-corrected chi connectivity index (χ1v) is 6.92. The van der Waals surface area contributed by atoms with Crippen molar-refractivity contribution in [1.29, 1.82) is 0 Å². The largest absolute Gasteiger partial charge is 0.493 e. The van der Waals surface area contributed by atoms with Gasteiger partial charge in [-0.2, -0.15) is 0 Å². The molecule has 2 N–H and O–H groups in total. The molecule has 1 aromatic carbocycles. The Morgan fingerprint density at radius 2 is 1.86 bits per heavy atom. The summed E-state index contributed by atoms with van der Waals surface area (Å²) >= 11 is 0. The highest BCUT2D eigenvalue weighted by molar-refractivity contribution is 5.77. The molecule has 5 nitrogen and oxygen atoms in total. The van der Waals surface area contributed by atoms with Gasteiger partial charge in [0.1, 0.15) is 0 Å². The Balaban J connectivity index is 2.60. The quantitative estimate of drug-likeness (QED) is 0.910. The smallest absolute Gasteiger partial charge is 0.230 e. The molecule has 0 aliphatic heterocycles. The van der Waals surface area contributed by atoms with Crippen LogP contribution in [0.5, 0.6) is 11.5 Å². The Kier molecular flexibility index (Phi) is 4.11. The molecule has 0 aliphatic carbocycles. The number of nitrogens with zero attached hydrogens (tertiary/aromatic N) is 1. The van der Waals surface area contributed by atoms with E-state index in [9.17, 15) is 0 Å². The molecule has 1 aromatic heterocycles. The Morgan fingerprint density at radius 3 is 2.43 bits per heavy atom. The molecule has 0 radical (unpaired) electrons. The summed E-state index contributed by atoms with van der Waals surface area (Å²) in [4.78, 5) is 0. The highest BCUT2D eigenvalue weighted by atomic mass is 16.5. The molecule has 0 aliphatic rings. The number of anilines is 1. The average Bonchev–Trinajstić information content (AvgIpc) is 2.89. The first kappa shape index (κ1) is 15.2. The number of methoxy groups -OCH3 is 2. The van der Waals surface area contributed by atoms with Crippen LogP contribution in [0.1, 0.15) is 32.9 Å². The third-order valence-corrected chi connectivity index (χ3v) is 3.92. The second-order valence-corrected chi connectivity index (χ2v) is 5.58. The Bertz CT molecular complexity index is 632. The lowest BCUT2D eigenvalue weighted by atomic mass is 9.83. The van der Waals surface area contributed by atoms with Gasteiger partial charge in [0, 0.05) is 5.41 Å². The number of ether oxygens (including phenoxy) is 2. The number of nitrogen functional groups attached to an aromatic ring is 1. The van der Waals surface area contributed by atoms with Gasteiger partial charge in [-0.05, 0) is 24.1 Å². The molecule has 0 atom stereocenters. The summed E-state index contributed by atoms with van der Waals surface area (Å²) in [5, 5.41) is 4.16. The maximum absolute atomic E-state index is 5.99. The van der Waals surface area contributed by atoms with Gasteiger partial charge < -0.3 is 19.7 Å². The van der Waals surface area contributed by atoms with Gasteiger partial charge in [0.05, 0.1) is 25.5 Å². The first-order chi connectivity index (χ1) is 9.94. The van der Waals surface area contributed by atoms with Crippen molar-refractivity contribution in [2.45, 2.75) is 32.6 Å². The van der Waals surface area contributed by atoms with Crippen LogP contribution in [0.25, 0.3) is 11.1 Å². The van der Waals surface area contributed by atoms with Crippen LogP contribution in [-0.2, 0) is 5.41 Å². The number of benzene rings is 1. The van der Waals surface area contributed by atoms with Gasteiger partial charge in [-0.15, -0.1) is 0 Å². The summed E-state index contributed by atoms with van der Waals surface area (Å²) in [5.41, 5.74) is 8.45. The lowest BCUT2D eigenvalue weighted by molar-refractivity contribution is 0.355. The van der Waals surface area contributed by atoms with Gasteiger partial charge in [0.2, 0.25) is 5.88 Å². The van der Waals surface area contributed by atoms with Crippen LogP contribution >= 0.6 is 0 Å². The van der Waals surface area contributed by atoms with Gasteiger partial charge in [-0.1, -0.05) is 32.0 Å². The molecule has 0 amide bonds. The predicted octanol–water partition coefficient (Wildman–Crippen LogP) is 3.63. The molecule has 0 saturated carbocycles. The molecule has 2 aromatic rings. The van der Waals surface area contributed by atoms with E-state index in [4.69, 9.17) is 19.7 Å². The minimum atomic E-state index is -0.121. The monoisotopic (exact) mass is 290 g/mol. The van der Waals surface area contributed by atoms with Crippen LogP contribution in [0.15, 0.2) is 22.7 Å². The third kappa shape index (κ3) is 2.68. The van der Waals surface area contributed by atoms with Crippen LogP contribution in [0.3, 0.4) is 0 Å². The van der Waals surface area contributed by atoms with E-state index in [-0.39, 0.29) is 5.41 Å². The van der Waals surface area contributed by atoms with Crippen LogP contribution in [0, 0.1) is 0 Å². The second-order valence-electron chi connectivity index (χ2n) is 5.58. The van der Waals surface area contributed by atoms with E-state index in [2.05, 4.69) is 25.9 Å². The Hall–Kier alpha value is -2.17. The number of hydrogen-bond donors (Lipinski definition) is 1. The predicted molar refractivity (Wildman–Crippen MR) is 82.8 cm³/mol. The molecule has 21 heavy (non-hydrogen) atoms. The fraction of sp³-hybridized carbons (Fsp3) is 0.438. The zero-order chi connectivity index (χ0) is 15.6. The van der Waals surface area contributed by atoms with Crippen LogP contribution < -0.4 is 15.2 Å². The Morgan fingerprint density at radius 1 is 1.19 bits per heavy atom. The standard InChI is InChI=1S/C16H22N2O3/c1-6-16(2,3)14-13(15(17)21-18-14)10-7-8-11(19-4)12(9-10)20-5/h7-9H,6,17H2,1-5H3. The van der Waals surface area contributed by atoms with E-state index in [0.29, 0.717) is 17.4 Å². The molecule has 114 valence electrons. The molecular formula is C16H22N2O3. The highest BCUT2D eigenvalue weighted by Crippen LogP contribution is 2.41. The summed E-state index contributed by atoms with van der Waals surface area (Å²) in [7, 11) is 3.21. The zero-order valence-electron chi connectivity index (χ0n) is 13.2. The maximum Gasteiger partial charge on any atom is 0.230 e. The van der Waals surface area contributed by atoms with Gasteiger partial charge in [-0.25, -0.2) is 0 Å². The summed E-state index contributed by atoms with van der Waals surface area (Å²) in [6.45, 7) is 6.35. The normalized spacial score (nSPS) is 11.5. The molecule has 1 heterocycles. The summed E-state index contributed by atoms with van der Waals surface area (Å²) in [6.07, 6.45) is 0.930. The number of nitrogens with two attached hydrogens (primary N) is 1. The first-order valence-electron chi connectivity index (χ1n) is 6.92. The number of rotatable bonds is 5. The summed E-state index contributed by atoms with van der Waals surface area (Å²) in [6, 6.07) is 5.67. The van der Waals surface area contributed by atoms with E-state index in [1.807, 2.05) is 18.2 Å². The lowest BCUT2D eigenvalue weighted by Gasteiger charge is -2.21. The van der Waals surface area contributed by atoms with Crippen molar-refractivity contribution < 1.29 is 14.0 Å². The fourth-order valence-corrected chi connectivity index (χ4v) is 2.20. The molecule has 5 heteroatoms. The van der Waals surface area contributed by atoms with Crippen molar-refractivity contribution in [3.8, 4) is 22.6 Å². The van der Waals surface area contributed by atoms with Crippen molar-refractivity contribution in [2.24, 2.45) is 0 Å². The molecule has 2 rings (SSSR count). The SMILES string of the molecule is CCC(C)(C)c1noc(N)c1-c1ccc(OC)c(OC)c1. The van der Waals surface area contributed by atoms with Gasteiger partial charge >= 0.3 is 0 Å². The lowest BCUT2D eigenvalue weighted by Crippen LogP contribution is -2.17. The molecule has 0 spiro atoms. The van der Waals surface area contributed by atoms with E-state index in [0.717, 1.165) is 23.2 Å². The summed E-state index contributed by atoms with van der Waals surface area (Å²) < 4.78 is 15.8. The van der Waals surface area contributed by atoms with E-state index in [1.54, 1.807) is 14.2 Å². The maximum atomic E-state index is 5.99. The second kappa shape index (κ2) is 5.68. The fourth-order valence-electron chi connectivity index (χ4n) is 2.20. The minimum Gasteiger partial charge on any atom is -0.493 e. The van der Waals surface area contributed by atoms with Gasteiger partial charge in [-0.3, -0.25) is 0 Å². The van der Waals surface area contributed by atoms with Crippen molar-refractivity contribution in [1.82, 2.24) is 5.16 Å². The van der Waals surface area contributed by atoms with Gasteiger partial charge in [0.15, 0.2) is 11.5 Å². The van der Waals surface area contributed by atoms with E-state index < -0.39 is 0 Å². The van der Waals surface area contributed by atoms with Crippen molar-refractivity contribution in [3.63, 3.8) is 0 Å². The molecule has 0 unspecified atom stereocenters. The number of aromatic nitrogens is 1. The van der Waals surface area contributed by atoms with Crippen molar-refractivity contribution >= 4 is 5.88 Å². The molecule has 0 fully saturated rings. The zero-order valence-corrected chi connectivity index (χ0v) is 13.2.